The summed E-state index contributed by atoms with van der Waals surface area (Å²) >= 11 is 0. The third-order valence-electron chi connectivity index (χ3n) is 3.82. The minimum Gasteiger partial charge on any atom is -0.379 e. The molecule has 19 heavy (non-hydrogen) atoms. The summed E-state index contributed by atoms with van der Waals surface area (Å²) in [5.41, 5.74) is 4.82. The summed E-state index contributed by atoms with van der Waals surface area (Å²) in [5, 5.41) is 10.9. The largest absolute Gasteiger partial charge is 0.379 e. The van der Waals surface area contributed by atoms with E-state index in [-0.39, 0.29) is 0 Å². The van der Waals surface area contributed by atoms with Crippen LogP contribution in [0, 0.1) is 13.8 Å². The summed E-state index contributed by atoms with van der Waals surface area (Å²) in [4.78, 5) is 2.53. The Kier molecular flexibility index (Phi) is 4.64. The number of aromatic nitrogens is 2. The van der Waals surface area contributed by atoms with Crippen molar-refractivity contribution in [1.82, 2.24) is 15.1 Å². The molecule has 1 saturated heterocycles. The number of anilines is 1. The van der Waals surface area contributed by atoms with Gasteiger partial charge in [0.1, 0.15) is 0 Å². The van der Waals surface area contributed by atoms with Gasteiger partial charge in [0.25, 0.3) is 0 Å². The van der Waals surface area contributed by atoms with Gasteiger partial charge in [-0.25, -0.2) is 0 Å². The number of H-pyrrole nitrogens is 1. The third kappa shape index (κ3) is 3.83. The minimum absolute atomic E-state index is 0.581. The zero-order chi connectivity index (χ0) is 13.8. The van der Waals surface area contributed by atoms with Crippen molar-refractivity contribution in [2.75, 3.05) is 25.0 Å². The second-order valence-corrected chi connectivity index (χ2v) is 5.81. The van der Waals surface area contributed by atoms with Crippen molar-refractivity contribution in [3.63, 3.8) is 0 Å². The molecule has 0 amide bonds. The first kappa shape index (κ1) is 14.1. The van der Waals surface area contributed by atoms with Crippen LogP contribution in [0.4, 0.5) is 5.69 Å². The van der Waals surface area contributed by atoms with Gasteiger partial charge in [0.15, 0.2) is 0 Å². The van der Waals surface area contributed by atoms with E-state index in [9.17, 15) is 0 Å². The average Bonchev–Trinajstić information content (AvgIpc) is 2.70. The summed E-state index contributed by atoms with van der Waals surface area (Å²) in [5.74, 6) is 0. The minimum atomic E-state index is 0.581. The van der Waals surface area contributed by atoms with Crippen LogP contribution in [0.15, 0.2) is 11.6 Å². The summed E-state index contributed by atoms with van der Waals surface area (Å²) in [6.45, 7) is 11.9. The van der Waals surface area contributed by atoms with Gasteiger partial charge >= 0.3 is 0 Å². The molecule has 4 nitrogen and oxygen atoms in total. The number of piperidine rings is 1. The molecule has 0 saturated carbocycles. The first-order valence-corrected chi connectivity index (χ1v) is 7.20. The van der Waals surface area contributed by atoms with Gasteiger partial charge in [0, 0.05) is 25.7 Å². The number of hydrogen-bond donors (Lipinski definition) is 2. The highest BCUT2D eigenvalue weighted by atomic mass is 15.2. The predicted molar refractivity (Wildman–Crippen MR) is 80.6 cm³/mol. The fourth-order valence-electron chi connectivity index (χ4n) is 2.54. The van der Waals surface area contributed by atoms with E-state index in [2.05, 4.69) is 54.2 Å². The molecule has 1 aromatic heterocycles. The third-order valence-corrected chi connectivity index (χ3v) is 3.82. The second kappa shape index (κ2) is 6.24. The zero-order valence-electron chi connectivity index (χ0n) is 12.6. The lowest BCUT2D eigenvalue weighted by atomic mass is 10.0. The van der Waals surface area contributed by atoms with E-state index < -0.39 is 0 Å². The predicted octanol–water partition coefficient (Wildman–Crippen LogP) is 2.87. The van der Waals surface area contributed by atoms with Gasteiger partial charge in [-0.2, -0.15) is 5.10 Å². The van der Waals surface area contributed by atoms with Crippen LogP contribution in [-0.2, 0) is 0 Å². The van der Waals surface area contributed by atoms with E-state index in [1.54, 1.807) is 0 Å². The van der Waals surface area contributed by atoms with Gasteiger partial charge in [0.2, 0.25) is 0 Å². The van der Waals surface area contributed by atoms with Crippen molar-refractivity contribution >= 4 is 5.69 Å². The average molecular weight is 262 g/mol. The maximum atomic E-state index is 4.24. The van der Waals surface area contributed by atoms with Gasteiger partial charge in [-0.1, -0.05) is 11.6 Å². The molecule has 4 heteroatoms. The molecule has 106 valence electrons. The molecule has 0 aliphatic carbocycles. The molecule has 2 rings (SSSR count). The Morgan fingerprint density at radius 3 is 2.58 bits per heavy atom. The first-order valence-electron chi connectivity index (χ1n) is 7.20. The van der Waals surface area contributed by atoms with Crippen LogP contribution in [0.5, 0.6) is 0 Å². The molecule has 0 bridgehead atoms. The highest BCUT2D eigenvalue weighted by molar-refractivity contribution is 5.52. The Morgan fingerprint density at radius 1 is 1.37 bits per heavy atom. The number of rotatable bonds is 4. The van der Waals surface area contributed by atoms with E-state index in [1.165, 1.54) is 37.2 Å². The van der Waals surface area contributed by atoms with Crippen molar-refractivity contribution < 1.29 is 0 Å². The number of likely N-dealkylation sites (tertiary alicyclic amines) is 1. The van der Waals surface area contributed by atoms with Crippen LogP contribution in [0.25, 0.3) is 0 Å². The van der Waals surface area contributed by atoms with Crippen LogP contribution in [0.3, 0.4) is 0 Å². The van der Waals surface area contributed by atoms with Crippen molar-refractivity contribution in [2.45, 2.75) is 46.6 Å². The standard InChI is InChI=1S/C15H26N4/c1-11(2)5-8-19-9-6-14(7-10-19)16-15-12(3)17-18-13(15)4/h5,14,16H,6-10H2,1-4H3,(H,17,18). The van der Waals surface area contributed by atoms with Gasteiger partial charge in [-0.05, 0) is 40.5 Å². The smallest absolute Gasteiger partial charge is 0.0825 e. The zero-order valence-corrected chi connectivity index (χ0v) is 12.6. The van der Waals surface area contributed by atoms with E-state index in [4.69, 9.17) is 0 Å². The first-order chi connectivity index (χ1) is 9.06. The van der Waals surface area contributed by atoms with E-state index in [0.717, 1.165) is 17.9 Å². The molecule has 2 heterocycles. The molecular formula is C15H26N4. The van der Waals surface area contributed by atoms with Gasteiger partial charge < -0.3 is 5.32 Å². The maximum Gasteiger partial charge on any atom is 0.0825 e. The lowest BCUT2D eigenvalue weighted by molar-refractivity contribution is 0.240. The fraction of sp³-hybridized carbons (Fsp3) is 0.667. The maximum absolute atomic E-state index is 4.24. The number of allylic oxidation sites excluding steroid dienone is 1. The molecule has 0 aromatic carbocycles. The summed E-state index contributed by atoms with van der Waals surface area (Å²) in [6.07, 6.45) is 4.74. The van der Waals surface area contributed by atoms with E-state index in [0.29, 0.717) is 6.04 Å². The Balaban J connectivity index is 1.82. The summed E-state index contributed by atoms with van der Waals surface area (Å²) in [6, 6.07) is 0.581. The molecule has 1 aliphatic rings. The van der Waals surface area contributed by atoms with Crippen LogP contribution < -0.4 is 5.32 Å². The number of aromatic amines is 1. The number of nitrogens with zero attached hydrogens (tertiary/aromatic N) is 2. The van der Waals surface area contributed by atoms with Crippen LogP contribution in [0.2, 0.25) is 0 Å². The van der Waals surface area contributed by atoms with Crippen LogP contribution >= 0.6 is 0 Å². The Hall–Kier alpha value is -1.29. The molecule has 0 unspecified atom stereocenters. The lowest BCUT2D eigenvalue weighted by Gasteiger charge is -2.32. The monoisotopic (exact) mass is 262 g/mol. The molecule has 0 spiro atoms. The fourth-order valence-corrected chi connectivity index (χ4v) is 2.54. The van der Waals surface area contributed by atoms with Gasteiger partial charge in [-0.15, -0.1) is 0 Å². The molecule has 2 N–H and O–H groups in total. The second-order valence-electron chi connectivity index (χ2n) is 5.81. The molecule has 1 aliphatic heterocycles. The topological polar surface area (TPSA) is 44.0 Å². The molecule has 0 radical (unpaired) electrons. The molecule has 1 aromatic rings. The summed E-state index contributed by atoms with van der Waals surface area (Å²) < 4.78 is 0. The Morgan fingerprint density at radius 2 is 2.05 bits per heavy atom. The van der Waals surface area contributed by atoms with Gasteiger partial charge in [0.05, 0.1) is 17.1 Å². The van der Waals surface area contributed by atoms with Gasteiger partial charge in [-0.3, -0.25) is 10.00 Å². The molecular weight excluding hydrogens is 236 g/mol. The van der Waals surface area contributed by atoms with Crippen LogP contribution in [-0.4, -0.2) is 40.8 Å². The number of aryl methyl sites for hydroxylation is 2. The van der Waals surface area contributed by atoms with Crippen molar-refractivity contribution in [2.24, 2.45) is 0 Å². The normalized spacial score (nSPS) is 17.5. The molecule has 0 atom stereocenters. The highest BCUT2D eigenvalue weighted by Crippen LogP contribution is 2.21. The van der Waals surface area contributed by atoms with Crippen molar-refractivity contribution in [3.8, 4) is 0 Å². The van der Waals surface area contributed by atoms with Crippen molar-refractivity contribution in [1.29, 1.82) is 0 Å². The quantitative estimate of drug-likeness (QED) is 0.820. The Labute approximate surface area is 116 Å². The Bertz CT molecular complexity index is 415. The number of nitrogens with one attached hydrogen (secondary N) is 2. The van der Waals surface area contributed by atoms with E-state index in [1.807, 2.05) is 0 Å². The molecule has 1 fully saturated rings. The summed E-state index contributed by atoms with van der Waals surface area (Å²) in [7, 11) is 0. The lowest BCUT2D eigenvalue weighted by Crippen LogP contribution is -2.39. The van der Waals surface area contributed by atoms with Crippen LogP contribution in [0.1, 0.15) is 38.1 Å². The van der Waals surface area contributed by atoms with E-state index >= 15 is 0 Å². The van der Waals surface area contributed by atoms with Crippen molar-refractivity contribution in [3.05, 3.63) is 23.0 Å². The highest BCUT2D eigenvalue weighted by Gasteiger charge is 2.19. The SMILES string of the molecule is CC(C)=CCN1CCC(Nc2c(C)n[nH]c2C)CC1. The number of hydrogen-bond acceptors (Lipinski definition) is 3.